The van der Waals surface area contributed by atoms with Crippen LogP contribution in [0.25, 0.3) is 5.76 Å². The number of halogens is 1. The van der Waals surface area contributed by atoms with Gasteiger partial charge in [0.25, 0.3) is 10.0 Å². The van der Waals surface area contributed by atoms with Gasteiger partial charge in [-0.3, -0.25) is 4.31 Å². The van der Waals surface area contributed by atoms with E-state index in [1.54, 1.807) is 42.5 Å². The molecule has 0 fully saturated rings. The molecule has 0 saturated carbocycles. The number of rotatable bonds is 3. The Hall–Kier alpha value is -3.73. The van der Waals surface area contributed by atoms with Crippen molar-refractivity contribution in [2.24, 2.45) is 5.73 Å². The van der Waals surface area contributed by atoms with Crippen LogP contribution in [0, 0.1) is 11.3 Å². The molecular formula is C25H18ClN3O3S. The third kappa shape index (κ3) is 3.44. The largest absolute Gasteiger partial charge is 0.439 e. The maximum atomic E-state index is 14.1. The number of fused-ring (bicyclic) bond motifs is 2. The number of nitriles is 1. The van der Waals surface area contributed by atoms with Crippen LogP contribution >= 0.6 is 11.6 Å². The zero-order valence-electron chi connectivity index (χ0n) is 17.3. The zero-order valence-corrected chi connectivity index (χ0v) is 18.8. The number of benzene rings is 3. The Morgan fingerprint density at radius 3 is 2.36 bits per heavy atom. The van der Waals surface area contributed by atoms with Crippen LogP contribution in [-0.2, 0) is 21.3 Å². The number of anilines is 1. The molecule has 2 aliphatic rings. The topological polar surface area (TPSA) is 96.4 Å². The molecule has 2 aliphatic heterocycles. The molecule has 0 amide bonds. The number of hydrogen-bond acceptors (Lipinski definition) is 5. The molecule has 0 saturated heterocycles. The second kappa shape index (κ2) is 8.00. The van der Waals surface area contributed by atoms with Crippen molar-refractivity contribution in [1.82, 2.24) is 0 Å². The van der Waals surface area contributed by atoms with E-state index >= 15 is 0 Å². The highest BCUT2D eigenvalue weighted by atomic mass is 35.5. The van der Waals surface area contributed by atoms with Gasteiger partial charge in [-0.15, -0.1) is 0 Å². The molecule has 33 heavy (non-hydrogen) atoms. The summed E-state index contributed by atoms with van der Waals surface area (Å²) in [5, 5.41) is 10.4. The summed E-state index contributed by atoms with van der Waals surface area (Å²) in [5.74, 6) is -0.892. The van der Waals surface area contributed by atoms with Gasteiger partial charge in [-0.2, -0.15) is 5.26 Å². The monoisotopic (exact) mass is 475 g/mol. The number of nitrogens with zero attached hydrogens (tertiary/aromatic N) is 2. The van der Waals surface area contributed by atoms with Crippen LogP contribution in [0.15, 0.2) is 95.2 Å². The molecule has 0 unspecified atom stereocenters. The molecule has 0 aliphatic carbocycles. The van der Waals surface area contributed by atoms with E-state index in [-0.39, 0.29) is 28.7 Å². The minimum Gasteiger partial charge on any atom is -0.439 e. The molecule has 0 radical (unpaired) electrons. The molecule has 1 atom stereocenters. The molecule has 164 valence electrons. The summed E-state index contributed by atoms with van der Waals surface area (Å²) in [6.45, 7) is 0.130. The van der Waals surface area contributed by atoms with E-state index in [0.29, 0.717) is 21.8 Å². The lowest BCUT2D eigenvalue weighted by atomic mass is 9.88. The quantitative estimate of drug-likeness (QED) is 0.583. The lowest BCUT2D eigenvalue weighted by Crippen LogP contribution is -2.39. The van der Waals surface area contributed by atoms with Gasteiger partial charge in [0.15, 0.2) is 5.76 Å². The number of hydrogen-bond donors (Lipinski definition) is 1. The predicted octanol–water partition coefficient (Wildman–Crippen LogP) is 4.87. The standard InChI is InChI=1S/C25H18ClN3O3S/c26-18-12-10-17(11-13-18)22-20(14-27)25(28)32-23-19-8-4-5-9-21(19)29(33(30,31)24(22)23)15-16-6-2-1-3-7-16/h1-13,22H,15,28H2/t22-/m0/s1. The Morgan fingerprint density at radius 2 is 1.67 bits per heavy atom. The fourth-order valence-corrected chi connectivity index (χ4v) is 6.26. The van der Waals surface area contributed by atoms with Crippen molar-refractivity contribution in [2.75, 3.05) is 4.31 Å². The fourth-order valence-electron chi connectivity index (χ4n) is 4.22. The van der Waals surface area contributed by atoms with Crippen molar-refractivity contribution in [3.8, 4) is 6.07 Å². The van der Waals surface area contributed by atoms with Gasteiger partial charge in [0, 0.05) is 10.6 Å². The average molecular weight is 476 g/mol. The first kappa shape index (κ1) is 21.1. The lowest BCUT2D eigenvalue weighted by molar-refractivity contribution is 0.357. The highest BCUT2D eigenvalue weighted by Gasteiger charge is 2.47. The highest BCUT2D eigenvalue weighted by Crippen LogP contribution is 2.51. The molecule has 2 heterocycles. The average Bonchev–Trinajstić information content (AvgIpc) is 2.82. The van der Waals surface area contributed by atoms with Crippen molar-refractivity contribution in [1.29, 1.82) is 5.26 Å². The summed E-state index contributed by atoms with van der Waals surface area (Å²) in [4.78, 5) is -0.00907. The van der Waals surface area contributed by atoms with Gasteiger partial charge in [0.2, 0.25) is 5.88 Å². The van der Waals surface area contributed by atoms with E-state index in [4.69, 9.17) is 22.1 Å². The molecule has 0 bridgehead atoms. The summed E-state index contributed by atoms with van der Waals surface area (Å²) in [5.41, 5.74) is 8.66. The van der Waals surface area contributed by atoms with E-state index in [0.717, 1.165) is 5.56 Å². The maximum Gasteiger partial charge on any atom is 0.265 e. The lowest BCUT2D eigenvalue weighted by Gasteiger charge is -2.38. The molecule has 2 N–H and O–H groups in total. The van der Waals surface area contributed by atoms with E-state index in [1.165, 1.54) is 4.31 Å². The van der Waals surface area contributed by atoms with Crippen molar-refractivity contribution in [3.05, 3.63) is 117 Å². The van der Waals surface area contributed by atoms with Gasteiger partial charge in [0.1, 0.15) is 16.5 Å². The van der Waals surface area contributed by atoms with Gasteiger partial charge in [-0.1, -0.05) is 66.2 Å². The van der Waals surface area contributed by atoms with Crippen LogP contribution in [0.2, 0.25) is 5.02 Å². The van der Waals surface area contributed by atoms with Crippen LogP contribution < -0.4 is 10.0 Å². The third-order valence-electron chi connectivity index (χ3n) is 5.73. The number of para-hydroxylation sites is 1. The van der Waals surface area contributed by atoms with Crippen LogP contribution in [0.1, 0.15) is 22.6 Å². The maximum absolute atomic E-state index is 14.1. The first-order valence-corrected chi connectivity index (χ1v) is 12.0. The van der Waals surface area contributed by atoms with E-state index < -0.39 is 15.9 Å². The summed E-state index contributed by atoms with van der Waals surface area (Å²) < 4.78 is 35.4. The molecule has 3 aromatic carbocycles. The molecule has 5 rings (SSSR count). The number of nitrogens with two attached hydrogens (primary N) is 1. The first-order valence-electron chi connectivity index (χ1n) is 10.1. The molecule has 0 spiro atoms. The van der Waals surface area contributed by atoms with Gasteiger partial charge in [0.05, 0.1) is 18.2 Å². The third-order valence-corrected chi connectivity index (χ3v) is 7.87. The summed E-state index contributed by atoms with van der Waals surface area (Å²) in [7, 11) is -4.10. The second-order valence-electron chi connectivity index (χ2n) is 7.68. The molecule has 0 aromatic heterocycles. The summed E-state index contributed by atoms with van der Waals surface area (Å²) in [6, 6.07) is 25.2. The van der Waals surface area contributed by atoms with Gasteiger partial charge in [-0.05, 0) is 35.4 Å². The van der Waals surface area contributed by atoms with Crippen LogP contribution in [-0.4, -0.2) is 8.42 Å². The highest BCUT2D eigenvalue weighted by molar-refractivity contribution is 7.96. The first-order chi connectivity index (χ1) is 15.9. The molecule has 3 aromatic rings. The Balaban J connectivity index is 1.77. The van der Waals surface area contributed by atoms with Crippen molar-refractivity contribution in [3.63, 3.8) is 0 Å². The Labute approximate surface area is 196 Å². The minimum atomic E-state index is -4.10. The van der Waals surface area contributed by atoms with Crippen molar-refractivity contribution in [2.45, 2.75) is 12.5 Å². The smallest absolute Gasteiger partial charge is 0.265 e. The minimum absolute atomic E-state index is 0.00907. The Kier molecular flexibility index (Phi) is 5.12. The Morgan fingerprint density at radius 1 is 1.00 bits per heavy atom. The fraction of sp³-hybridized carbons (Fsp3) is 0.0800. The molecule has 8 heteroatoms. The van der Waals surface area contributed by atoms with E-state index in [1.807, 2.05) is 36.4 Å². The zero-order chi connectivity index (χ0) is 23.2. The molecule has 6 nitrogen and oxygen atoms in total. The van der Waals surface area contributed by atoms with Gasteiger partial charge < -0.3 is 10.5 Å². The van der Waals surface area contributed by atoms with E-state index in [2.05, 4.69) is 6.07 Å². The number of ether oxygens (including phenoxy) is 1. The predicted molar refractivity (Wildman–Crippen MR) is 127 cm³/mol. The normalized spacial score (nSPS) is 18.8. The van der Waals surface area contributed by atoms with Crippen LogP contribution in [0.3, 0.4) is 0 Å². The Bertz CT molecular complexity index is 1460. The summed E-state index contributed by atoms with van der Waals surface area (Å²) >= 11 is 6.06. The second-order valence-corrected chi connectivity index (χ2v) is 9.95. The van der Waals surface area contributed by atoms with Crippen molar-refractivity contribution >= 4 is 33.1 Å². The van der Waals surface area contributed by atoms with Crippen LogP contribution in [0.4, 0.5) is 5.69 Å². The van der Waals surface area contributed by atoms with Gasteiger partial charge in [-0.25, -0.2) is 8.42 Å². The van der Waals surface area contributed by atoms with Crippen LogP contribution in [0.5, 0.6) is 0 Å². The number of allylic oxidation sites excluding steroid dienone is 2. The van der Waals surface area contributed by atoms with E-state index in [9.17, 15) is 13.7 Å². The van der Waals surface area contributed by atoms with Gasteiger partial charge >= 0.3 is 0 Å². The number of sulfonamides is 1. The van der Waals surface area contributed by atoms with Crippen molar-refractivity contribution < 1.29 is 13.2 Å². The SMILES string of the molecule is N#CC1=C(N)OC2=C([C@H]1c1ccc(Cl)cc1)S(=O)(=O)N(Cc1ccccc1)c1ccccc12. The molecular weight excluding hydrogens is 458 g/mol. The summed E-state index contributed by atoms with van der Waals surface area (Å²) in [6.07, 6.45) is 0.